The number of hydrogen-bond donors (Lipinski definition) is 0. The van der Waals surface area contributed by atoms with Crippen LogP contribution in [0.1, 0.15) is 34.8 Å². The zero-order valence-electron chi connectivity index (χ0n) is 12.4. The number of nitrogens with zero attached hydrogens (tertiary/aromatic N) is 3. The molecular weight excluding hydrogens is 270 g/mol. The van der Waals surface area contributed by atoms with Gasteiger partial charge in [0.1, 0.15) is 17.5 Å². The van der Waals surface area contributed by atoms with Crippen molar-refractivity contribution in [1.82, 2.24) is 4.57 Å². The first-order valence-corrected chi connectivity index (χ1v) is 7.11. The Bertz CT molecular complexity index is 637. The molecule has 1 saturated heterocycles. The van der Waals surface area contributed by atoms with Crippen LogP contribution in [0.3, 0.4) is 0 Å². The summed E-state index contributed by atoms with van der Waals surface area (Å²) in [6.45, 7) is 6.51. The van der Waals surface area contributed by atoms with Crippen LogP contribution in [0.5, 0.6) is 0 Å². The predicted octanol–water partition coefficient (Wildman–Crippen LogP) is 1.09. The van der Waals surface area contributed by atoms with Crippen LogP contribution in [0, 0.1) is 18.3 Å². The van der Waals surface area contributed by atoms with Crippen molar-refractivity contribution in [2.75, 3.05) is 31.2 Å². The molecule has 1 fully saturated rings. The Morgan fingerprint density at radius 2 is 2.05 bits per heavy atom. The summed E-state index contributed by atoms with van der Waals surface area (Å²) in [5, 5.41) is 9.20. The van der Waals surface area contributed by atoms with Gasteiger partial charge < -0.3 is 9.64 Å². The van der Waals surface area contributed by atoms with E-state index in [1.165, 1.54) is 0 Å². The normalized spacial score (nSPS) is 14.8. The van der Waals surface area contributed by atoms with Gasteiger partial charge in [-0.05, 0) is 18.9 Å². The van der Waals surface area contributed by atoms with E-state index in [-0.39, 0.29) is 11.1 Å². The Morgan fingerprint density at radius 1 is 1.38 bits per heavy atom. The molecule has 0 saturated carbocycles. The maximum atomic E-state index is 12.5. The predicted molar refractivity (Wildman–Crippen MR) is 78.9 cm³/mol. The van der Waals surface area contributed by atoms with Gasteiger partial charge in [-0.1, -0.05) is 6.92 Å². The lowest BCUT2D eigenvalue weighted by molar-refractivity contribution is 0.111. The standard InChI is InChI=1S/C15H19N3O3/c1-3-4-18-14(17-5-7-21-8-6-17)13(10-19)11(2)12(9-16)15(18)20/h10H,3-8H2,1-2H3. The molecule has 6 heteroatoms. The summed E-state index contributed by atoms with van der Waals surface area (Å²) >= 11 is 0. The Kier molecular flexibility index (Phi) is 4.76. The van der Waals surface area contributed by atoms with Crippen LogP contribution in [-0.2, 0) is 11.3 Å². The SMILES string of the molecule is CCCn1c(N2CCOCC2)c(C=O)c(C)c(C#N)c1=O. The molecule has 1 aromatic heterocycles. The van der Waals surface area contributed by atoms with E-state index >= 15 is 0 Å². The Balaban J connectivity index is 2.73. The fraction of sp³-hybridized carbons (Fsp3) is 0.533. The van der Waals surface area contributed by atoms with Crippen molar-refractivity contribution in [2.24, 2.45) is 0 Å². The molecule has 2 heterocycles. The number of nitriles is 1. The Morgan fingerprint density at radius 3 is 2.57 bits per heavy atom. The third-order valence-electron chi connectivity index (χ3n) is 3.72. The smallest absolute Gasteiger partial charge is 0.270 e. The molecule has 0 bridgehead atoms. The first-order valence-electron chi connectivity index (χ1n) is 7.11. The molecule has 0 aromatic carbocycles. The molecule has 0 aliphatic carbocycles. The monoisotopic (exact) mass is 289 g/mol. The highest BCUT2D eigenvalue weighted by atomic mass is 16.5. The highest BCUT2D eigenvalue weighted by Crippen LogP contribution is 2.24. The highest BCUT2D eigenvalue weighted by Gasteiger charge is 2.24. The lowest BCUT2D eigenvalue weighted by Crippen LogP contribution is -2.41. The number of hydrogen-bond acceptors (Lipinski definition) is 5. The van der Waals surface area contributed by atoms with Crippen molar-refractivity contribution in [3.05, 3.63) is 27.0 Å². The Hall–Kier alpha value is -2.13. The minimum Gasteiger partial charge on any atom is -0.378 e. The minimum atomic E-state index is -0.316. The van der Waals surface area contributed by atoms with Crippen molar-refractivity contribution < 1.29 is 9.53 Å². The van der Waals surface area contributed by atoms with E-state index in [9.17, 15) is 14.9 Å². The second-order valence-electron chi connectivity index (χ2n) is 5.02. The number of aromatic nitrogens is 1. The van der Waals surface area contributed by atoms with E-state index < -0.39 is 0 Å². The van der Waals surface area contributed by atoms with Crippen molar-refractivity contribution in [1.29, 1.82) is 5.26 Å². The van der Waals surface area contributed by atoms with Crippen LogP contribution in [0.2, 0.25) is 0 Å². The lowest BCUT2D eigenvalue weighted by Gasteiger charge is -2.32. The summed E-state index contributed by atoms with van der Waals surface area (Å²) in [5.41, 5.74) is 0.638. The van der Waals surface area contributed by atoms with Gasteiger partial charge in [-0.3, -0.25) is 14.2 Å². The number of carbonyl (C=O) groups excluding carboxylic acids is 1. The molecule has 21 heavy (non-hydrogen) atoms. The maximum absolute atomic E-state index is 12.5. The number of carbonyl (C=O) groups is 1. The van der Waals surface area contributed by atoms with E-state index in [0.717, 1.165) is 12.7 Å². The van der Waals surface area contributed by atoms with Crippen molar-refractivity contribution in [2.45, 2.75) is 26.8 Å². The molecule has 0 unspecified atom stereocenters. The molecular formula is C15H19N3O3. The number of ether oxygens (including phenoxy) is 1. The van der Waals surface area contributed by atoms with Gasteiger partial charge in [-0.25, -0.2) is 0 Å². The van der Waals surface area contributed by atoms with Crippen LogP contribution in [0.4, 0.5) is 5.82 Å². The average Bonchev–Trinajstić information content (AvgIpc) is 2.51. The van der Waals surface area contributed by atoms with Crippen molar-refractivity contribution >= 4 is 12.1 Å². The van der Waals surface area contributed by atoms with Gasteiger partial charge in [0.05, 0.1) is 18.8 Å². The number of anilines is 1. The quantitative estimate of drug-likeness (QED) is 0.776. The molecule has 0 N–H and O–H groups in total. The van der Waals surface area contributed by atoms with Gasteiger partial charge in [0.15, 0.2) is 6.29 Å². The summed E-state index contributed by atoms with van der Waals surface area (Å²) in [6.07, 6.45) is 1.50. The number of aldehydes is 1. The van der Waals surface area contributed by atoms with Crippen LogP contribution in [0.15, 0.2) is 4.79 Å². The number of rotatable bonds is 4. The topological polar surface area (TPSA) is 75.3 Å². The molecule has 2 rings (SSSR count). The molecule has 1 aliphatic rings. The minimum absolute atomic E-state index is 0.0579. The van der Waals surface area contributed by atoms with Gasteiger partial charge in [-0.15, -0.1) is 0 Å². The van der Waals surface area contributed by atoms with Crippen molar-refractivity contribution in [3.63, 3.8) is 0 Å². The van der Waals surface area contributed by atoms with Gasteiger partial charge in [0, 0.05) is 19.6 Å². The molecule has 1 aromatic rings. The van der Waals surface area contributed by atoms with Crippen LogP contribution in [-0.4, -0.2) is 37.2 Å². The molecule has 1 aliphatic heterocycles. The van der Waals surface area contributed by atoms with E-state index in [0.29, 0.717) is 49.8 Å². The van der Waals surface area contributed by atoms with Crippen LogP contribution in [0.25, 0.3) is 0 Å². The molecule has 112 valence electrons. The molecule has 0 amide bonds. The summed E-state index contributed by atoms with van der Waals surface area (Å²) in [7, 11) is 0. The van der Waals surface area contributed by atoms with Crippen LogP contribution >= 0.6 is 0 Å². The van der Waals surface area contributed by atoms with Gasteiger partial charge in [-0.2, -0.15) is 5.26 Å². The van der Waals surface area contributed by atoms with Crippen molar-refractivity contribution in [3.8, 4) is 6.07 Å². The summed E-state index contributed by atoms with van der Waals surface area (Å²) in [5.74, 6) is 0.622. The summed E-state index contributed by atoms with van der Waals surface area (Å²) in [4.78, 5) is 26.1. The fourth-order valence-electron chi connectivity index (χ4n) is 2.66. The van der Waals surface area contributed by atoms with Crippen LogP contribution < -0.4 is 10.5 Å². The third-order valence-corrected chi connectivity index (χ3v) is 3.72. The van der Waals surface area contributed by atoms with Gasteiger partial charge in [0.25, 0.3) is 5.56 Å². The van der Waals surface area contributed by atoms with Gasteiger partial charge >= 0.3 is 0 Å². The highest BCUT2D eigenvalue weighted by molar-refractivity contribution is 5.86. The molecule has 0 atom stereocenters. The van der Waals surface area contributed by atoms with E-state index in [2.05, 4.69) is 0 Å². The zero-order valence-corrected chi connectivity index (χ0v) is 12.4. The zero-order chi connectivity index (χ0) is 15.4. The molecule has 0 spiro atoms. The first-order chi connectivity index (χ1) is 10.2. The number of morpholine rings is 1. The number of pyridine rings is 1. The second kappa shape index (κ2) is 6.55. The largest absolute Gasteiger partial charge is 0.378 e. The lowest BCUT2D eigenvalue weighted by atomic mass is 10.0. The third kappa shape index (κ3) is 2.69. The van der Waals surface area contributed by atoms with E-state index in [1.54, 1.807) is 11.5 Å². The van der Waals surface area contributed by atoms with E-state index in [4.69, 9.17) is 4.74 Å². The Labute approximate surface area is 123 Å². The first kappa shape index (κ1) is 15.3. The molecule has 0 radical (unpaired) electrons. The summed E-state index contributed by atoms with van der Waals surface area (Å²) < 4.78 is 6.89. The second-order valence-corrected chi connectivity index (χ2v) is 5.02. The average molecular weight is 289 g/mol. The summed E-state index contributed by atoms with van der Waals surface area (Å²) in [6, 6.07) is 1.93. The molecule has 6 nitrogen and oxygen atoms in total. The van der Waals surface area contributed by atoms with E-state index in [1.807, 2.05) is 17.9 Å². The maximum Gasteiger partial charge on any atom is 0.270 e. The van der Waals surface area contributed by atoms with Gasteiger partial charge in [0.2, 0.25) is 0 Å². The fourth-order valence-corrected chi connectivity index (χ4v) is 2.66.